The van der Waals surface area contributed by atoms with E-state index >= 15 is 0 Å². The first-order valence-electron chi connectivity index (χ1n) is 6.99. The third kappa shape index (κ3) is 2.36. The quantitative estimate of drug-likeness (QED) is 0.823. The summed E-state index contributed by atoms with van der Waals surface area (Å²) in [5.74, 6) is 0.774. The average molecular weight is 253 g/mol. The molecule has 1 aliphatic rings. The van der Waals surface area contributed by atoms with E-state index in [1.165, 1.54) is 12.8 Å². The first-order chi connectivity index (χ1) is 9.28. The van der Waals surface area contributed by atoms with Crippen LogP contribution in [0.5, 0.6) is 0 Å². The minimum atomic E-state index is 0.774. The van der Waals surface area contributed by atoms with Gasteiger partial charge in [-0.25, -0.2) is 0 Å². The topological polar surface area (TPSA) is 31.4 Å². The van der Waals surface area contributed by atoms with E-state index in [-0.39, 0.29) is 0 Å². The number of aromatic nitrogens is 1. The molecule has 98 valence electrons. The fourth-order valence-electron chi connectivity index (χ4n) is 3.10. The molecule has 3 heteroatoms. The number of pyridine rings is 1. The molecule has 1 aliphatic heterocycles. The highest BCUT2D eigenvalue weighted by atomic mass is 15.1. The van der Waals surface area contributed by atoms with Gasteiger partial charge in [0.15, 0.2) is 0 Å². The monoisotopic (exact) mass is 253 g/mol. The number of hydrogen-bond acceptors (Lipinski definition) is 2. The fourth-order valence-corrected chi connectivity index (χ4v) is 3.10. The van der Waals surface area contributed by atoms with Gasteiger partial charge in [-0.1, -0.05) is 13.0 Å². The zero-order valence-corrected chi connectivity index (χ0v) is 11.3. The number of likely N-dealkylation sites (tertiary alicyclic amines) is 1. The van der Waals surface area contributed by atoms with Crippen LogP contribution in [0.1, 0.15) is 30.9 Å². The molecular formula is C16H19N3. The number of fused-ring (bicyclic) bond motifs is 1. The van der Waals surface area contributed by atoms with Crippen LogP contribution in [0.25, 0.3) is 5.52 Å². The summed E-state index contributed by atoms with van der Waals surface area (Å²) in [5.41, 5.74) is 3.01. The van der Waals surface area contributed by atoms with Crippen molar-refractivity contribution in [2.75, 3.05) is 13.1 Å². The minimum Gasteiger partial charge on any atom is -0.322 e. The van der Waals surface area contributed by atoms with Crippen LogP contribution in [0.4, 0.5) is 0 Å². The molecule has 2 aromatic heterocycles. The highest BCUT2D eigenvalue weighted by Gasteiger charge is 2.19. The summed E-state index contributed by atoms with van der Waals surface area (Å²) in [4.78, 5) is 2.48. The zero-order valence-electron chi connectivity index (χ0n) is 11.3. The van der Waals surface area contributed by atoms with Crippen molar-refractivity contribution in [3.05, 3.63) is 41.7 Å². The number of nitriles is 1. The summed E-state index contributed by atoms with van der Waals surface area (Å²) >= 11 is 0. The van der Waals surface area contributed by atoms with Crippen LogP contribution < -0.4 is 0 Å². The zero-order chi connectivity index (χ0) is 13.2. The Morgan fingerprint density at radius 3 is 3.11 bits per heavy atom. The summed E-state index contributed by atoms with van der Waals surface area (Å²) in [7, 11) is 0. The van der Waals surface area contributed by atoms with Crippen LogP contribution in [-0.4, -0.2) is 22.4 Å². The van der Waals surface area contributed by atoms with Crippen molar-refractivity contribution >= 4 is 5.52 Å². The lowest BCUT2D eigenvalue weighted by Crippen LogP contribution is -2.33. The second-order valence-corrected chi connectivity index (χ2v) is 5.62. The van der Waals surface area contributed by atoms with Crippen LogP contribution in [0.15, 0.2) is 30.6 Å². The van der Waals surface area contributed by atoms with Crippen molar-refractivity contribution in [2.45, 2.75) is 26.3 Å². The van der Waals surface area contributed by atoms with Gasteiger partial charge in [0.25, 0.3) is 0 Å². The summed E-state index contributed by atoms with van der Waals surface area (Å²) < 4.78 is 2.06. The van der Waals surface area contributed by atoms with Crippen LogP contribution in [-0.2, 0) is 6.54 Å². The molecule has 1 atom stereocenters. The molecule has 19 heavy (non-hydrogen) atoms. The highest BCUT2D eigenvalue weighted by molar-refractivity contribution is 5.65. The highest BCUT2D eigenvalue weighted by Crippen LogP contribution is 2.22. The number of hydrogen-bond donors (Lipinski definition) is 0. The molecule has 1 fully saturated rings. The summed E-state index contributed by atoms with van der Waals surface area (Å²) in [5, 5.41) is 9.40. The Balaban J connectivity index is 1.90. The van der Waals surface area contributed by atoms with Crippen molar-refractivity contribution in [3.8, 4) is 6.07 Å². The fraction of sp³-hybridized carbons (Fsp3) is 0.438. The molecule has 0 aromatic carbocycles. The van der Waals surface area contributed by atoms with E-state index in [2.05, 4.69) is 28.5 Å². The molecule has 0 spiro atoms. The Labute approximate surface area is 114 Å². The van der Waals surface area contributed by atoms with Crippen LogP contribution in [0.3, 0.4) is 0 Å². The molecule has 0 N–H and O–H groups in total. The molecule has 0 saturated carbocycles. The summed E-state index contributed by atoms with van der Waals surface area (Å²) in [6.07, 6.45) is 6.72. The van der Waals surface area contributed by atoms with Crippen LogP contribution >= 0.6 is 0 Å². The summed E-state index contributed by atoms with van der Waals surface area (Å²) in [6.45, 7) is 5.51. The maximum absolute atomic E-state index is 9.40. The number of rotatable bonds is 2. The molecule has 0 aliphatic carbocycles. The number of nitrogens with zero attached hydrogens (tertiary/aromatic N) is 3. The smallest absolute Gasteiger partial charge is 0.102 e. The first kappa shape index (κ1) is 12.3. The molecule has 0 amide bonds. The molecule has 1 saturated heterocycles. The van der Waals surface area contributed by atoms with E-state index in [4.69, 9.17) is 0 Å². The predicted molar refractivity (Wildman–Crippen MR) is 75.8 cm³/mol. The van der Waals surface area contributed by atoms with E-state index in [1.54, 1.807) is 0 Å². The average Bonchev–Trinajstić information content (AvgIpc) is 2.75. The molecule has 3 rings (SSSR count). The maximum Gasteiger partial charge on any atom is 0.102 e. The SMILES string of the molecule is CC1CCCN(Cc2cn3ccccc3c2C#N)C1. The van der Waals surface area contributed by atoms with Crippen molar-refractivity contribution in [1.29, 1.82) is 5.26 Å². The van der Waals surface area contributed by atoms with Gasteiger partial charge in [-0.15, -0.1) is 0 Å². The van der Waals surface area contributed by atoms with Gasteiger partial charge in [-0.05, 0) is 37.4 Å². The largest absolute Gasteiger partial charge is 0.322 e. The Hall–Kier alpha value is -1.79. The van der Waals surface area contributed by atoms with Gasteiger partial charge >= 0.3 is 0 Å². The molecule has 0 radical (unpaired) electrons. The number of piperidine rings is 1. The lowest BCUT2D eigenvalue weighted by molar-refractivity contribution is 0.176. The standard InChI is InChI=1S/C16H19N3/c1-13-5-4-7-18(10-13)11-14-12-19-8-3-2-6-16(19)15(14)9-17/h2-3,6,8,12-13H,4-5,7,10-11H2,1H3. The van der Waals surface area contributed by atoms with Crippen molar-refractivity contribution < 1.29 is 0 Å². The molecule has 0 bridgehead atoms. The minimum absolute atomic E-state index is 0.774. The second kappa shape index (κ2) is 5.07. The van der Waals surface area contributed by atoms with E-state index in [9.17, 15) is 5.26 Å². The first-order valence-corrected chi connectivity index (χ1v) is 6.99. The molecule has 2 aromatic rings. The van der Waals surface area contributed by atoms with Gasteiger partial charge in [0.1, 0.15) is 6.07 Å². The lowest BCUT2D eigenvalue weighted by Gasteiger charge is -2.30. The second-order valence-electron chi connectivity index (χ2n) is 5.62. The van der Waals surface area contributed by atoms with E-state index in [0.717, 1.165) is 42.2 Å². The van der Waals surface area contributed by atoms with Gasteiger partial charge < -0.3 is 4.40 Å². The predicted octanol–water partition coefficient (Wildman–Crippen LogP) is 3.04. The van der Waals surface area contributed by atoms with E-state index in [1.807, 2.05) is 24.4 Å². The van der Waals surface area contributed by atoms with Gasteiger partial charge in [-0.3, -0.25) is 4.90 Å². The maximum atomic E-state index is 9.40. The normalized spacial score (nSPS) is 20.5. The summed E-state index contributed by atoms with van der Waals surface area (Å²) in [6, 6.07) is 8.38. The Morgan fingerprint density at radius 1 is 1.42 bits per heavy atom. The van der Waals surface area contributed by atoms with E-state index < -0.39 is 0 Å². The molecule has 3 nitrogen and oxygen atoms in total. The van der Waals surface area contributed by atoms with Gasteiger partial charge in [-0.2, -0.15) is 5.26 Å². The van der Waals surface area contributed by atoms with Gasteiger partial charge in [0, 0.05) is 31.0 Å². The lowest BCUT2D eigenvalue weighted by atomic mass is 9.99. The van der Waals surface area contributed by atoms with Crippen molar-refractivity contribution in [3.63, 3.8) is 0 Å². The van der Waals surface area contributed by atoms with Crippen LogP contribution in [0, 0.1) is 17.2 Å². The van der Waals surface area contributed by atoms with Gasteiger partial charge in [0.05, 0.1) is 11.1 Å². The van der Waals surface area contributed by atoms with E-state index in [0.29, 0.717) is 0 Å². The van der Waals surface area contributed by atoms with Crippen LogP contribution in [0.2, 0.25) is 0 Å². The third-order valence-electron chi connectivity index (χ3n) is 4.01. The Kier molecular flexibility index (Phi) is 3.27. The third-order valence-corrected chi connectivity index (χ3v) is 4.01. The molecule has 3 heterocycles. The van der Waals surface area contributed by atoms with Gasteiger partial charge in [0.2, 0.25) is 0 Å². The molecule has 1 unspecified atom stereocenters. The van der Waals surface area contributed by atoms with Crippen molar-refractivity contribution in [2.24, 2.45) is 5.92 Å². The Bertz CT molecular complexity index is 620. The Morgan fingerprint density at radius 2 is 2.32 bits per heavy atom. The molecular weight excluding hydrogens is 234 g/mol. The van der Waals surface area contributed by atoms with Crippen molar-refractivity contribution in [1.82, 2.24) is 9.30 Å².